The SMILES string of the molecule is CC(C)(C)CCNc1ccc(NC(N)=O)cc1. The Balaban J connectivity index is 2.43. The van der Waals surface area contributed by atoms with Crippen LogP contribution in [0.4, 0.5) is 16.2 Å². The molecule has 0 aromatic heterocycles. The van der Waals surface area contributed by atoms with Crippen molar-refractivity contribution in [2.75, 3.05) is 17.2 Å². The molecular weight excluding hydrogens is 214 g/mol. The molecule has 94 valence electrons. The molecule has 4 nitrogen and oxygen atoms in total. The molecule has 0 fully saturated rings. The van der Waals surface area contributed by atoms with E-state index in [2.05, 4.69) is 31.4 Å². The van der Waals surface area contributed by atoms with E-state index in [-0.39, 0.29) is 0 Å². The first-order valence-corrected chi connectivity index (χ1v) is 5.77. The minimum atomic E-state index is -0.543. The van der Waals surface area contributed by atoms with Crippen molar-refractivity contribution in [3.63, 3.8) is 0 Å². The summed E-state index contributed by atoms with van der Waals surface area (Å²) in [6.45, 7) is 7.59. The molecule has 0 unspecified atom stereocenters. The monoisotopic (exact) mass is 235 g/mol. The number of rotatable bonds is 4. The van der Waals surface area contributed by atoms with Crippen molar-refractivity contribution in [2.24, 2.45) is 11.1 Å². The average molecular weight is 235 g/mol. The summed E-state index contributed by atoms with van der Waals surface area (Å²) in [6.07, 6.45) is 1.11. The van der Waals surface area contributed by atoms with Gasteiger partial charge in [0.2, 0.25) is 0 Å². The van der Waals surface area contributed by atoms with Crippen molar-refractivity contribution in [2.45, 2.75) is 27.2 Å². The van der Waals surface area contributed by atoms with Crippen LogP contribution >= 0.6 is 0 Å². The molecule has 0 bridgehead atoms. The van der Waals surface area contributed by atoms with Gasteiger partial charge in [0.15, 0.2) is 0 Å². The summed E-state index contributed by atoms with van der Waals surface area (Å²) in [5, 5.41) is 5.86. The molecule has 4 heteroatoms. The van der Waals surface area contributed by atoms with E-state index in [1.165, 1.54) is 0 Å². The third-order valence-corrected chi connectivity index (χ3v) is 2.36. The highest BCUT2D eigenvalue weighted by Gasteiger charge is 2.08. The lowest BCUT2D eigenvalue weighted by Crippen LogP contribution is -2.19. The van der Waals surface area contributed by atoms with Crippen LogP contribution in [0.25, 0.3) is 0 Å². The molecule has 0 saturated heterocycles. The van der Waals surface area contributed by atoms with Gasteiger partial charge in [0.1, 0.15) is 0 Å². The van der Waals surface area contributed by atoms with E-state index >= 15 is 0 Å². The molecule has 1 aromatic rings. The zero-order valence-corrected chi connectivity index (χ0v) is 10.7. The molecule has 0 aliphatic heterocycles. The molecule has 0 atom stereocenters. The van der Waals surface area contributed by atoms with Crippen LogP contribution in [0.5, 0.6) is 0 Å². The van der Waals surface area contributed by atoms with E-state index in [0.717, 1.165) is 18.7 Å². The molecule has 0 saturated carbocycles. The zero-order chi connectivity index (χ0) is 12.9. The molecule has 2 amide bonds. The Morgan fingerprint density at radius 2 is 1.71 bits per heavy atom. The number of benzene rings is 1. The van der Waals surface area contributed by atoms with Crippen molar-refractivity contribution in [3.05, 3.63) is 24.3 Å². The summed E-state index contributed by atoms with van der Waals surface area (Å²) in [4.78, 5) is 10.6. The lowest BCUT2D eigenvalue weighted by Gasteiger charge is -2.18. The number of hydrogen-bond acceptors (Lipinski definition) is 2. The first kappa shape index (κ1) is 13.4. The summed E-state index contributed by atoms with van der Waals surface area (Å²) >= 11 is 0. The number of carbonyl (C=O) groups excluding carboxylic acids is 1. The Bertz CT molecular complexity index is 365. The molecular formula is C13H21N3O. The minimum absolute atomic E-state index is 0.334. The maximum Gasteiger partial charge on any atom is 0.316 e. The Hall–Kier alpha value is -1.71. The van der Waals surface area contributed by atoms with Crippen molar-refractivity contribution >= 4 is 17.4 Å². The number of carbonyl (C=O) groups is 1. The van der Waals surface area contributed by atoms with Crippen LogP contribution in [-0.4, -0.2) is 12.6 Å². The molecule has 0 radical (unpaired) electrons. The predicted octanol–water partition coefficient (Wildman–Crippen LogP) is 3.03. The van der Waals surface area contributed by atoms with Crippen LogP contribution in [0.2, 0.25) is 0 Å². The number of hydrogen-bond donors (Lipinski definition) is 3. The summed E-state index contributed by atoms with van der Waals surface area (Å²) in [5.41, 5.74) is 7.11. The number of amides is 2. The van der Waals surface area contributed by atoms with Gasteiger partial charge in [-0.15, -0.1) is 0 Å². The largest absolute Gasteiger partial charge is 0.385 e. The predicted molar refractivity (Wildman–Crippen MR) is 72.2 cm³/mol. The smallest absolute Gasteiger partial charge is 0.316 e. The fourth-order valence-corrected chi connectivity index (χ4v) is 1.40. The van der Waals surface area contributed by atoms with E-state index in [1.807, 2.05) is 24.3 Å². The van der Waals surface area contributed by atoms with Gasteiger partial charge in [0.05, 0.1) is 0 Å². The van der Waals surface area contributed by atoms with E-state index < -0.39 is 6.03 Å². The van der Waals surface area contributed by atoms with Gasteiger partial charge in [0.25, 0.3) is 0 Å². The summed E-state index contributed by atoms with van der Waals surface area (Å²) < 4.78 is 0. The van der Waals surface area contributed by atoms with E-state index in [9.17, 15) is 4.79 Å². The second-order valence-electron chi connectivity index (χ2n) is 5.30. The number of primary amides is 1. The Labute approximate surface area is 103 Å². The summed E-state index contributed by atoms with van der Waals surface area (Å²) in [5.74, 6) is 0. The fourth-order valence-electron chi connectivity index (χ4n) is 1.40. The quantitative estimate of drug-likeness (QED) is 0.751. The van der Waals surface area contributed by atoms with Crippen molar-refractivity contribution < 1.29 is 4.79 Å². The van der Waals surface area contributed by atoms with E-state index in [1.54, 1.807) is 0 Å². The maximum absolute atomic E-state index is 10.6. The number of nitrogens with one attached hydrogen (secondary N) is 2. The topological polar surface area (TPSA) is 67.2 Å². The molecule has 0 aliphatic rings. The number of anilines is 2. The molecule has 1 rings (SSSR count). The number of urea groups is 1. The van der Waals surface area contributed by atoms with E-state index in [4.69, 9.17) is 5.73 Å². The van der Waals surface area contributed by atoms with Crippen LogP contribution in [0.1, 0.15) is 27.2 Å². The highest BCUT2D eigenvalue weighted by atomic mass is 16.2. The summed E-state index contributed by atoms with van der Waals surface area (Å²) in [6, 6.07) is 6.95. The normalized spacial score (nSPS) is 11.0. The van der Waals surface area contributed by atoms with Crippen LogP contribution in [-0.2, 0) is 0 Å². The lowest BCUT2D eigenvalue weighted by atomic mass is 9.92. The van der Waals surface area contributed by atoms with Gasteiger partial charge in [-0.2, -0.15) is 0 Å². The minimum Gasteiger partial charge on any atom is -0.385 e. The highest BCUT2D eigenvalue weighted by Crippen LogP contribution is 2.19. The van der Waals surface area contributed by atoms with Crippen LogP contribution in [0, 0.1) is 5.41 Å². The van der Waals surface area contributed by atoms with Crippen molar-refractivity contribution in [1.82, 2.24) is 0 Å². The van der Waals surface area contributed by atoms with Crippen LogP contribution in [0.3, 0.4) is 0 Å². The second-order valence-corrected chi connectivity index (χ2v) is 5.30. The van der Waals surface area contributed by atoms with Crippen LogP contribution in [0.15, 0.2) is 24.3 Å². The Morgan fingerprint density at radius 3 is 2.18 bits per heavy atom. The third kappa shape index (κ3) is 5.80. The Morgan fingerprint density at radius 1 is 1.18 bits per heavy atom. The van der Waals surface area contributed by atoms with Gasteiger partial charge < -0.3 is 16.4 Å². The molecule has 0 heterocycles. The first-order chi connectivity index (χ1) is 7.87. The van der Waals surface area contributed by atoms with Gasteiger partial charge in [0, 0.05) is 17.9 Å². The van der Waals surface area contributed by atoms with Gasteiger partial charge in [-0.05, 0) is 36.1 Å². The second kappa shape index (κ2) is 5.57. The fraction of sp³-hybridized carbons (Fsp3) is 0.462. The highest BCUT2D eigenvalue weighted by molar-refractivity contribution is 5.87. The zero-order valence-electron chi connectivity index (χ0n) is 10.7. The van der Waals surface area contributed by atoms with E-state index in [0.29, 0.717) is 11.1 Å². The molecule has 17 heavy (non-hydrogen) atoms. The molecule has 4 N–H and O–H groups in total. The lowest BCUT2D eigenvalue weighted by molar-refractivity contribution is 0.259. The van der Waals surface area contributed by atoms with Crippen LogP contribution < -0.4 is 16.4 Å². The number of nitrogens with two attached hydrogens (primary N) is 1. The van der Waals surface area contributed by atoms with Gasteiger partial charge in [-0.25, -0.2) is 4.79 Å². The van der Waals surface area contributed by atoms with Gasteiger partial charge in [-0.3, -0.25) is 0 Å². The maximum atomic E-state index is 10.6. The molecule has 0 aliphatic carbocycles. The standard InChI is InChI=1S/C13H21N3O/c1-13(2,3)8-9-15-10-4-6-11(7-5-10)16-12(14)17/h4-7,15H,8-9H2,1-3H3,(H3,14,16,17). The first-order valence-electron chi connectivity index (χ1n) is 5.77. The van der Waals surface area contributed by atoms with Gasteiger partial charge >= 0.3 is 6.03 Å². The molecule has 0 spiro atoms. The molecule has 1 aromatic carbocycles. The van der Waals surface area contributed by atoms with Crippen molar-refractivity contribution in [3.8, 4) is 0 Å². The van der Waals surface area contributed by atoms with Gasteiger partial charge in [-0.1, -0.05) is 20.8 Å². The Kier molecular flexibility index (Phi) is 4.37. The average Bonchev–Trinajstić information content (AvgIpc) is 2.18. The van der Waals surface area contributed by atoms with Crippen molar-refractivity contribution in [1.29, 1.82) is 0 Å². The summed E-state index contributed by atoms with van der Waals surface area (Å²) in [7, 11) is 0. The third-order valence-electron chi connectivity index (χ3n) is 2.36.